The number of amides is 1. The molecule has 1 saturated heterocycles. The van der Waals surface area contributed by atoms with Crippen LogP contribution in [0, 0.1) is 5.41 Å². The van der Waals surface area contributed by atoms with Crippen molar-refractivity contribution in [3.05, 3.63) is 0 Å². The lowest BCUT2D eigenvalue weighted by atomic mass is 9.84. The molecule has 0 saturated carbocycles. The summed E-state index contributed by atoms with van der Waals surface area (Å²) in [6.45, 7) is 6.34. The molecule has 0 aliphatic carbocycles. The molecule has 0 spiro atoms. The second kappa shape index (κ2) is 6.41. The van der Waals surface area contributed by atoms with E-state index in [9.17, 15) is 13.2 Å². The highest BCUT2D eigenvalue weighted by Crippen LogP contribution is 2.24. The zero-order chi connectivity index (χ0) is 15.6. The molecule has 1 aliphatic rings. The van der Waals surface area contributed by atoms with E-state index >= 15 is 0 Å². The number of aliphatic hydroxyl groups excluding tert-OH is 1. The van der Waals surface area contributed by atoms with Crippen molar-refractivity contribution in [1.29, 1.82) is 0 Å². The number of aliphatic hydroxyl groups is 1. The minimum Gasteiger partial charge on any atom is -0.396 e. The number of rotatable bonds is 5. The fourth-order valence-electron chi connectivity index (χ4n) is 2.52. The third-order valence-electron chi connectivity index (χ3n) is 3.71. The number of sulfonamides is 1. The maximum absolute atomic E-state index is 12.3. The number of carbonyl (C=O) groups excluding carboxylic acids is 1. The maximum atomic E-state index is 12.3. The van der Waals surface area contributed by atoms with Crippen LogP contribution in [-0.4, -0.2) is 55.2 Å². The number of hydrogen-bond donors (Lipinski definition) is 2. The van der Waals surface area contributed by atoms with Gasteiger partial charge in [-0.3, -0.25) is 4.79 Å². The highest BCUT2D eigenvalue weighted by Gasteiger charge is 2.38. The van der Waals surface area contributed by atoms with Crippen LogP contribution in [0.15, 0.2) is 0 Å². The summed E-state index contributed by atoms with van der Waals surface area (Å²) >= 11 is 0. The molecule has 118 valence electrons. The van der Waals surface area contributed by atoms with Crippen LogP contribution in [0.2, 0.25) is 0 Å². The molecule has 1 rings (SSSR count). The lowest BCUT2D eigenvalue weighted by Crippen LogP contribution is -2.52. The lowest BCUT2D eigenvalue weighted by Gasteiger charge is -2.33. The van der Waals surface area contributed by atoms with Gasteiger partial charge < -0.3 is 10.4 Å². The number of hydrogen-bond acceptors (Lipinski definition) is 4. The van der Waals surface area contributed by atoms with Gasteiger partial charge in [0.05, 0.1) is 6.26 Å². The van der Waals surface area contributed by atoms with Crippen molar-refractivity contribution in [3.63, 3.8) is 0 Å². The Morgan fingerprint density at radius 3 is 2.50 bits per heavy atom. The molecule has 1 aliphatic heterocycles. The van der Waals surface area contributed by atoms with Crippen molar-refractivity contribution in [2.24, 2.45) is 5.41 Å². The Kier molecular flexibility index (Phi) is 5.57. The van der Waals surface area contributed by atoms with Gasteiger partial charge in [-0.15, -0.1) is 0 Å². The molecule has 0 aromatic carbocycles. The summed E-state index contributed by atoms with van der Waals surface area (Å²) in [7, 11) is -3.36. The summed E-state index contributed by atoms with van der Waals surface area (Å²) in [6.07, 6.45) is 2.84. The fourth-order valence-corrected chi connectivity index (χ4v) is 3.64. The molecule has 1 amide bonds. The van der Waals surface area contributed by atoms with Crippen LogP contribution >= 0.6 is 0 Å². The van der Waals surface area contributed by atoms with E-state index in [0.29, 0.717) is 25.8 Å². The van der Waals surface area contributed by atoms with Crippen LogP contribution in [-0.2, 0) is 14.8 Å². The van der Waals surface area contributed by atoms with Crippen LogP contribution in [0.4, 0.5) is 0 Å². The average molecular weight is 306 g/mol. The normalized spacial score (nSPS) is 22.8. The second-order valence-corrected chi connectivity index (χ2v) is 8.41. The van der Waals surface area contributed by atoms with Crippen molar-refractivity contribution in [2.45, 2.75) is 52.1 Å². The summed E-state index contributed by atoms with van der Waals surface area (Å²) in [5.41, 5.74) is -0.188. The molecule has 1 fully saturated rings. The van der Waals surface area contributed by atoms with E-state index in [4.69, 9.17) is 5.11 Å². The third kappa shape index (κ3) is 4.43. The third-order valence-corrected chi connectivity index (χ3v) is 5.00. The Balaban J connectivity index is 2.79. The number of carbonyl (C=O) groups is 1. The van der Waals surface area contributed by atoms with Gasteiger partial charge in [0.25, 0.3) is 0 Å². The predicted molar refractivity (Wildman–Crippen MR) is 77.7 cm³/mol. The molecule has 1 heterocycles. The van der Waals surface area contributed by atoms with Crippen molar-refractivity contribution < 1.29 is 18.3 Å². The fraction of sp³-hybridized carbons (Fsp3) is 0.923. The van der Waals surface area contributed by atoms with E-state index in [1.807, 2.05) is 20.8 Å². The van der Waals surface area contributed by atoms with Gasteiger partial charge >= 0.3 is 0 Å². The van der Waals surface area contributed by atoms with E-state index in [1.165, 1.54) is 4.31 Å². The highest BCUT2D eigenvalue weighted by atomic mass is 32.2. The van der Waals surface area contributed by atoms with Crippen LogP contribution in [0.1, 0.15) is 40.0 Å². The zero-order valence-corrected chi connectivity index (χ0v) is 13.5. The van der Waals surface area contributed by atoms with Gasteiger partial charge in [0.2, 0.25) is 15.9 Å². The average Bonchev–Trinajstić information content (AvgIpc) is 2.75. The van der Waals surface area contributed by atoms with E-state index in [2.05, 4.69) is 5.32 Å². The molecule has 0 bridgehead atoms. The predicted octanol–water partition coefficient (Wildman–Crippen LogP) is 0.324. The SMILES string of the molecule is CC(C)(C)C(CCO)NC(=O)C1CCCN1S(C)(=O)=O. The Morgan fingerprint density at radius 2 is 2.05 bits per heavy atom. The standard InChI is InChI=1S/C13H26N2O4S/c1-13(2,3)11(7-9-16)14-12(17)10-6-5-8-15(10)20(4,18)19/h10-11,16H,5-9H2,1-4H3,(H,14,17). The van der Waals surface area contributed by atoms with Crippen LogP contribution in [0.3, 0.4) is 0 Å². The van der Waals surface area contributed by atoms with Gasteiger partial charge in [-0.05, 0) is 24.7 Å². The Bertz CT molecular complexity index is 442. The first-order valence-corrected chi connectivity index (χ1v) is 8.80. The minimum atomic E-state index is -3.36. The molecular weight excluding hydrogens is 280 g/mol. The second-order valence-electron chi connectivity index (χ2n) is 6.47. The topological polar surface area (TPSA) is 86.7 Å². The number of nitrogens with one attached hydrogen (secondary N) is 1. The van der Waals surface area contributed by atoms with Gasteiger partial charge in [-0.1, -0.05) is 20.8 Å². The summed E-state index contributed by atoms with van der Waals surface area (Å²) in [5, 5.41) is 12.0. The lowest BCUT2D eigenvalue weighted by molar-refractivity contribution is -0.125. The molecule has 0 aromatic heterocycles. The van der Waals surface area contributed by atoms with Crippen molar-refractivity contribution in [1.82, 2.24) is 9.62 Å². The smallest absolute Gasteiger partial charge is 0.238 e. The van der Waals surface area contributed by atoms with Gasteiger partial charge in [0.1, 0.15) is 6.04 Å². The molecule has 2 atom stereocenters. The highest BCUT2D eigenvalue weighted by molar-refractivity contribution is 7.88. The van der Waals surface area contributed by atoms with Gasteiger partial charge in [0.15, 0.2) is 0 Å². The molecule has 0 radical (unpaired) electrons. The summed E-state index contributed by atoms with van der Waals surface area (Å²) in [5.74, 6) is -0.263. The first kappa shape index (κ1) is 17.4. The Morgan fingerprint density at radius 1 is 1.45 bits per heavy atom. The van der Waals surface area contributed by atoms with Crippen LogP contribution < -0.4 is 5.32 Å². The minimum absolute atomic E-state index is 0.0112. The number of nitrogens with zero attached hydrogens (tertiary/aromatic N) is 1. The van der Waals surface area contributed by atoms with Crippen molar-refractivity contribution in [2.75, 3.05) is 19.4 Å². The van der Waals surface area contributed by atoms with Crippen LogP contribution in [0.5, 0.6) is 0 Å². The molecule has 2 unspecified atom stereocenters. The van der Waals surface area contributed by atoms with E-state index in [-0.39, 0.29) is 24.0 Å². The Labute approximate surface area is 121 Å². The molecule has 6 nitrogen and oxygen atoms in total. The summed E-state index contributed by atoms with van der Waals surface area (Å²) in [6, 6.07) is -0.796. The van der Waals surface area contributed by atoms with Crippen molar-refractivity contribution in [3.8, 4) is 0 Å². The first-order valence-electron chi connectivity index (χ1n) is 6.95. The van der Waals surface area contributed by atoms with Gasteiger partial charge in [0, 0.05) is 19.2 Å². The van der Waals surface area contributed by atoms with Crippen LogP contribution in [0.25, 0.3) is 0 Å². The molecule has 0 aromatic rings. The Hall–Kier alpha value is -0.660. The monoisotopic (exact) mass is 306 g/mol. The maximum Gasteiger partial charge on any atom is 0.238 e. The van der Waals surface area contributed by atoms with E-state index < -0.39 is 16.1 Å². The summed E-state index contributed by atoms with van der Waals surface area (Å²) in [4.78, 5) is 12.3. The molecule has 2 N–H and O–H groups in total. The first-order chi connectivity index (χ1) is 9.07. The van der Waals surface area contributed by atoms with Crippen molar-refractivity contribution >= 4 is 15.9 Å². The molecule has 20 heavy (non-hydrogen) atoms. The van der Waals surface area contributed by atoms with E-state index in [0.717, 1.165) is 6.26 Å². The quantitative estimate of drug-likeness (QED) is 0.766. The largest absolute Gasteiger partial charge is 0.396 e. The zero-order valence-electron chi connectivity index (χ0n) is 12.7. The van der Waals surface area contributed by atoms with E-state index in [1.54, 1.807) is 0 Å². The van der Waals surface area contributed by atoms with Gasteiger partial charge in [-0.25, -0.2) is 8.42 Å². The molecular formula is C13H26N2O4S. The van der Waals surface area contributed by atoms with Gasteiger partial charge in [-0.2, -0.15) is 4.31 Å². The molecule has 7 heteroatoms. The summed E-state index contributed by atoms with van der Waals surface area (Å²) < 4.78 is 24.6.